The van der Waals surface area contributed by atoms with Crippen molar-refractivity contribution in [3.63, 3.8) is 0 Å². The molecule has 0 bridgehead atoms. The van der Waals surface area contributed by atoms with Crippen molar-refractivity contribution in [2.45, 2.75) is 252 Å². The van der Waals surface area contributed by atoms with E-state index in [9.17, 15) is 0 Å². The fourth-order valence-electron chi connectivity index (χ4n) is 7.23. The molecular weight excluding hydrogens is 625 g/mol. The standard InChI is InChI=1S/C48H90O3/c1-4-7-10-13-16-19-22-25-28-31-34-37-43-49-46-41-40-42-47(50-44-38-35-32-29-26-23-20-17-14-11-8-5-2)48(46)51-45-39-36-33-30-27-24-21-18-15-12-9-6-3/h40-42H,4-39,43-45H2,1-3H3. The average Bonchev–Trinajstić information content (AvgIpc) is 3.14. The van der Waals surface area contributed by atoms with E-state index < -0.39 is 0 Å². The first-order valence-corrected chi connectivity index (χ1v) is 23.3. The highest BCUT2D eigenvalue weighted by Gasteiger charge is 2.13. The van der Waals surface area contributed by atoms with Crippen molar-refractivity contribution in [3.8, 4) is 17.2 Å². The normalized spacial score (nSPS) is 11.4. The highest BCUT2D eigenvalue weighted by molar-refractivity contribution is 5.51. The summed E-state index contributed by atoms with van der Waals surface area (Å²) in [6.07, 6.45) is 48.9. The van der Waals surface area contributed by atoms with Gasteiger partial charge in [-0.05, 0) is 31.4 Å². The summed E-state index contributed by atoms with van der Waals surface area (Å²) in [5.74, 6) is 2.56. The van der Waals surface area contributed by atoms with Gasteiger partial charge in [-0.25, -0.2) is 0 Å². The quantitative estimate of drug-likeness (QED) is 0.0631. The second kappa shape index (κ2) is 39.8. The first kappa shape index (κ1) is 47.6. The summed E-state index contributed by atoms with van der Waals surface area (Å²) in [6, 6.07) is 6.23. The van der Waals surface area contributed by atoms with E-state index >= 15 is 0 Å². The fraction of sp³-hybridized carbons (Fsp3) is 0.875. The van der Waals surface area contributed by atoms with Gasteiger partial charge in [-0.3, -0.25) is 0 Å². The molecule has 3 nitrogen and oxygen atoms in total. The minimum atomic E-state index is 0.741. The molecule has 0 radical (unpaired) electrons. The van der Waals surface area contributed by atoms with E-state index in [2.05, 4.69) is 39.0 Å². The number of hydrogen-bond donors (Lipinski definition) is 0. The zero-order chi connectivity index (χ0) is 36.6. The van der Waals surface area contributed by atoms with Gasteiger partial charge in [0.25, 0.3) is 0 Å². The Bertz CT molecular complexity index is 759. The van der Waals surface area contributed by atoms with Crippen LogP contribution in [0.1, 0.15) is 252 Å². The van der Waals surface area contributed by atoms with E-state index in [1.165, 1.54) is 212 Å². The van der Waals surface area contributed by atoms with E-state index in [1.807, 2.05) is 0 Å². The van der Waals surface area contributed by atoms with Gasteiger partial charge in [0.1, 0.15) is 0 Å². The molecule has 0 spiro atoms. The Morgan fingerprint density at radius 2 is 0.490 bits per heavy atom. The number of ether oxygens (including phenoxy) is 3. The van der Waals surface area contributed by atoms with Crippen LogP contribution in [0, 0.1) is 0 Å². The topological polar surface area (TPSA) is 27.7 Å². The molecule has 1 aromatic carbocycles. The van der Waals surface area contributed by atoms with Gasteiger partial charge in [-0.15, -0.1) is 0 Å². The Balaban J connectivity index is 2.35. The van der Waals surface area contributed by atoms with E-state index in [-0.39, 0.29) is 0 Å². The van der Waals surface area contributed by atoms with Crippen LogP contribution in [-0.2, 0) is 0 Å². The van der Waals surface area contributed by atoms with Gasteiger partial charge < -0.3 is 14.2 Å². The Morgan fingerprint density at radius 1 is 0.275 bits per heavy atom. The van der Waals surface area contributed by atoms with Crippen LogP contribution in [-0.4, -0.2) is 19.8 Å². The SMILES string of the molecule is CCCCCCCCCCCCCCOc1cccc(OCCCCCCCCCCCCCC)c1OCCCCCCCCCCCCCC. The predicted molar refractivity (Wildman–Crippen MR) is 226 cm³/mol. The molecule has 0 aromatic heterocycles. The highest BCUT2D eigenvalue weighted by atomic mass is 16.5. The number of benzene rings is 1. The molecule has 0 fully saturated rings. The minimum absolute atomic E-state index is 0.741. The van der Waals surface area contributed by atoms with Gasteiger partial charge in [0, 0.05) is 0 Å². The van der Waals surface area contributed by atoms with Crippen LogP contribution in [0.4, 0.5) is 0 Å². The van der Waals surface area contributed by atoms with E-state index in [0.29, 0.717) is 0 Å². The highest BCUT2D eigenvalue weighted by Crippen LogP contribution is 2.38. The lowest BCUT2D eigenvalue weighted by Gasteiger charge is -2.17. The lowest BCUT2D eigenvalue weighted by molar-refractivity contribution is 0.234. The molecular formula is C48H90O3. The van der Waals surface area contributed by atoms with Crippen LogP contribution in [0.2, 0.25) is 0 Å². The van der Waals surface area contributed by atoms with Crippen LogP contribution in [0.15, 0.2) is 18.2 Å². The smallest absolute Gasteiger partial charge is 0.203 e. The second-order valence-electron chi connectivity index (χ2n) is 15.8. The summed E-state index contributed by atoms with van der Waals surface area (Å²) < 4.78 is 19.1. The van der Waals surface area contributed by atoms with Crippen LogP contribution in [0.3, 0.4) is 0 Å². The maximum atomic E-state index is 6.44. The molecule has 0 aliphatic carbocycles. The molecule has 300 valence electrons. The van der Waals surface area contributed by atoms with E-state index in [1.54, 1.807) is 0 Å². The summed E-state index contributed by atoms with van der Waals surface area (Å²) >= 11 is 0. The lowest BCUT2D eigenvalue weighted by Crippen LogP contribution is -2.06. The summed E-state index contributed by atoms with van der Waals surface area (Å²) in [6.45, 7) is 9.15. The molecule has 0 heterocycles. The number of rotatable bonds is 42. The van der Waals surface area contributed by atoms with Gasteiger partial charge in [0.15, 0.2) is 11.5 Å². The average molecular weight is 715 g/mol. The first-order valence-electron chi connectivity index (χ1n) is 23.3. The monoisotopic (exact) mass is 715 g/mol. The van der Waals surface area contributed by atoms with Gasteiger partial charge in [0.05, 0.1) is 19.8 Å². The molecule has 0 amide bonds. The molecule has 1 rings (SSSR count). The second-order valence-corrected chi connectivity index (χ2v) is 15.8. The number of para-hydroxylation sites is 1. The Labute approximate surface area is 320 Å². The Kier molecular flexibility index (Phi) is 37.2. The zero-order valence-corrected chi connectivity index (χ0v) is 35.0. The van der Waals surface area contributed by atoms with Gasteiger partial charge in [-0.1, -0.05) is 239 Å². The molecule has 0 unspecified atom stereocenters. The van der Waals surface area contributed by atoms with Crippen LogP contribution in [0.5, 0.6) is 17.2 Å². The van der Waals surface area contributed by atoms with Crippen molar-refractivity contribution in [1.82, 2.24) is 0 Å². The van der Waals surface area contributed by atoms with E-state index in [0.717, 1.165) is 56.3 Å². The maximum Gasteiger partial charge on any atom is 0.203 e. The number of unbranched alkanes of at least 4 members (excludes halogenated alkanes) is 33. The molecule has 0 saturated carbocycles. The molecule has 0 aliphatic heterocycles. The van der Waals surface area contributed by atoms with Crippen molar-refractivity contribution in [1.29, 1.82) is 0 Å². The van der Waals surface area contributed by atoms with Crippen LogP contribution >= 0.6 is 0 Å². The third-order valence-electron chi connectivity index (χ3n) is 10.7. The molecule has 0 aliphatic rings. The van der Waals surface area contributed by atoms with Gasteiger partial charge >= 0.3 is 0 Å². The van der Waals surface area contributed by atoms with E-state index in [4.69, 9.17) is 14.2 Å². The predicted octanol–water partition coefficient (Wildman–Crippen LogP) is 16.9. The molecule has 0 saturated heterocycles. The summed E-state index contributed by atoms with van der Waals surface area (Å²) in [4.78, 5) is 0. The van der Waals surface area contributed by atoms with Crippen molar-refractivity contribution in [2.75, 3.05) is 19.8 Å². The van der Waals surface area contributed by atoms with Crippen molar-refractivity contribution in [3.05, 3.63) is 18.2 Å². The van der Waals surface area contributed by atoms with Crippen LogP contribution < -0.4 is 14.2 Å². The first-order chi connectivity index (χ1) is 25.3. The lowest BCUT2D eigenvalue weighted by atomic mass is 10.1. The van der Waals surface area contributed by atoms with Crippen molar-refractivity contribution in [2.24, 2.45) is 0 Å². The summed E-state index contributed by atoms with van der Waals surface area (Å²) in [5, 5.41) is 0. The van der Waals surface area contributed by atoms with Crippen LogP contribution in [0.25, 0.3) is 0 Å². The van der Waals surface area contributed by atoms with Gasteiger partial charge in [0.2, 0.25) is 5.75 Å². The minimum Gasteiger partial charge on any atom is -0.490 e. The molecule has 51 heavy (non-hydrogen) atoms. The number of hydrogen-bond acceptors (Lipinski definition) is 3. The largest absolute Gasteiger partial charge is 0.490 e. The zero-order valence-electron chi connectivity index (χ0n) is 35.0. The molecule has 0 atom stereocenters. The maximum absolute atomic E-state index is 6.44. The molecule has 0 N–H and O–H groups in total. The van der Waals surface area contributed by atoms with Crippen molar-refractivity contribution >= 4 is 0 Å². The fourth-order valence-corrected chi connectivity index (χ4v) is 7.23. The Morgan fingerprint density at radius 3 is 0.745 bits per heavy atom. The third kappa shape index (κ3) is 31.8. The molecule has 1 aromatic rings. The van der Waals surface area contributed by atoms with Crippen molar-refractivity contribution < 1.29 is 14.2 Å². The Hall–Kier alpha value is -1.38. The third-order valence-corrected chi connectivity index (χ3v) is 10.7. The van der Waals surface area contributed by atoms with Gasteiger partial charge in [-0.2, -0.15) is 0 Å². The summed E-state index contributed by atoms with van der Waals surface area (Å²) in [5.41, 5.74) is 0. The summed E-state index contributed by atoms with van der Waals surface area (Å²) in [7, 11) is 0. The molecule has 3 heteroatoms.